The molecule has 1 aliphatic rings. The van der Waals surface area contributed by atoms with Crippen molar-refractivity contribution >= 4 is 11.8 Å². The standard InChI is InChI=1S/C18H26N2O3/c1-13(15-7-4-5-8-16(15)23-3)20(2)17(21)9-6-12-19-18(22)14-10-11-14/h4-5,7-8,13-14H,6,9-12H2,1-3H3,(H,19,22). The maximum atomic E-state index is 12.3. The Morgan fingerprint density at radius 1 is 1.35 bits per heavy atom. The van der Waals surface area contributed by atoms with Crippen molar-refractivity contribution in [3.63, 3.8) is 0 Å². The van der Waals surface area contributed by atoms with Crippen LogP contribution in [0.3, 0.4) is 0 Å². The van der Waals surface area contributed by atoms with Crippen LogP contribution in [0.2, 0.25) is 0 Å². The molecule has 5 nitrogen and oxygen atoms in total. The molecule has 2 rings (SSSR count). The number of amides is 2. The van der Waals surface area contributed by atoms with Crippen LogP contribution in [0, 0.1) is 5.92 Å². The van der Waals surface area contributed by atoms with Crippen LogP contribution in [-0.4, -0.2) is 37.4 Å². The quantitative estimate of drug-likeness (QED) is 0.749. The van der Waals surface area contributed by atoms with E-state index in [9.17, 15) is 9.59 Å². The first-order valence-corrected chi connectivity index (χ1v) is 8.21. The summed E-state index contributed by atoms with van der Waals surface area (Å²) in [5.74, 6) is 1.22. The third-order valence-corrected chi connectivity index (χ3v) is 4.38. The zero-order valence-corrected chi connectivity index (χ0v) is 14.2. The Balaban J connectivity index is 1.79. The van der Waals surface area contributed by atoms with Crippen molar-refractivity contribution in [2.45, 2.75) is 38.6 Å². The van der Waals surface area contributed by atoms with Crippen molar-refractivity contribution in [3.8, 4) is 5.75 Å². The number of carbonyl (C=O) groups is 2. The number of rotatable bonds is 8. The lowest BCUT2D eigenvalue weighted by molar-refractivity contribution is -0.132. The van der Waals surface area contributed by atoms with Gasteiger partial charge >= 0.3 is 0 Å². The lowest BCUT2D eigenvalue weighted by Gasteiger charge is -2.26. The van der Waals surface area contributed by atoms with E-state index in [0.717, 1.165) is 24.2 Å². The van der Waals surface area contributed by atoms with Crippen molar-refractivity contribution in [2.24, 2.45) is 5.92 Å². The van der Waals surface area contributed by atoms with Gasteiger partial charge in [-0.2, -0.15) is 0 Å². The highest BCUT2D eigenvalue weighted by Gasteiger charge is 2.29. The number of hydrogen-bond acceptors (Lipinski definition) is 3. The van der Waals surface area contributed by atoms with Crippen molar-refractivity contribution in [2.75, 3.05) is 20.7 Å². The average Bonchev–Trinajstić information content (AvgIpc) is 3.41. The predicted octanol–water partition coefficient (Wildman–Crippen LogP) is 2.52. The van der Waals surface area contributed by atoms with Crippen LogP contribution in [0.1, 0.15) is 44.2 Å². The minimum Gasteiger partial charge on any atom is -0.496 e. The number of nitrogens with one attached hydrogen (secondary N) is 1. The van der Waals surface area contributed by atoms with Crippen LogP contribution < -0.4 is 10.1 Å². The Kier molecular flexibility index (Phi) is 6.02. The van der Waals surface area contributed by atoms with Gasteiger partial charge in [0.15, 0.2) is 0 Å². The first-order valence-electron chi connectivity index (χ1n) is 8.21. The number of benzene rings is 1. The summed E-state index contributed by atoms with van der Waals surface area (Å²) >= 11 is 0. The Labute approximate surface area is 138 Å². The fourth-order valence-corrected chi connectivity index (χ4v) is 2.55. The Morgan fingerprint density at radius 2 is 2.04 bits per heavy atom. The molecule has 5 heteroatoms. The first-order chi connectivity index (χ1) is 11.0. The highest BCUT2D eigenvalue weighted by molar-refractivity contribution is 5.81. The molecule has 1 N–H and O–H groups in total. The second-order valence-corrected chi connectivity index (χ2v) is 6.09. The van der Waals surface area contributed by atoms with Gasteiger partial charge in [0.2, 0.25) is 11.8 Å². The van der Waals surface area contributed by atoms with Crippen LogP contribution in [0.4, 0.5) is 0 Å². The van der Waals surface area contributed by atoms with Crippen LogP contribution >= 0.6 is 0 Å². The molecular weight excluding hydrogens is 292 g/mol. The molecule has 0 aromatic heterocycles. The molecule has 0 bridgehead atoms. The van der Waals surface area contributed by atoms with E-state index in [1.54, 1.807) is 12.0 Å². The van der Waals surface area contributed by atoms with Crippen molar-refractivity contribution < 1.29 is 14.3 Å². The number of methoxy groups -OCH3 is 1. The van der Waals surface area contributed by atoms with Gasteiger partial charge in [0.1, 0.15) is 5.75 Å². The number of carbonyl (C=O) groups excluding carboxylic acids is 2. The molecular formula is C18H26N2O3. The van der Waals surface area contributed by atoms with Gasteiger partial charge in [-0.25, -0.2) is 0 Å². The average molecular weight is 318 g/mol. The molecule has 1 aromatic carbocycles. The zero-order valence-electron chi connectivity index (χ0n) is 14.2. The van der Waals surface area contributed by atoms with Crippen LogP contribution in [0.5, 0.6) is 5.75 Å². The molecule has 0 radical (unpaired) electrons. The van der Waals surface area contributed by atoms with Gasteiger partial charge in [-0.15, -0.1) is 0 Å². The molecule has 23 heavy (non-hydrogen) atoms. The van der Waals surface area contributed by atoms with Crippen molar-refractivity contribution in [3.05, 3.63) is 29.8 Å². The Hall–Kier alpha value is -2.04. The summed E-state index contributed by atoms with van der Waals surface area (Å²) in [7, 11) is 3.44. The second kappa shape index (κ2) is 7.99. The van der Waals surface area contributed by atoms with E-state index in [-0.39, 0.29) is 23.8 Å². The van der Waals surface area contributed by atoms with E-state index in [2.05, 4.69) is 5.32 Å². The number of nitrogens with zero attached hydrogens (tertiary/aromatic N) is 1. The van der Waals surface area contributed by atoms with Crippen LogP contribution in [0.15, 0.2) is 24.3 Å². The molecule has 1 saturated carbocycles. The smallest absolute Gasteiger partial charge is 0.223 e. The fraction of sp³-hybridized carbons (Fsp3) is 0.556. The highest BCUT2D eigenvalue weighted by atomic mass is 16.5. The van der Waals surface area contributed by atoms with Crippen LogP contribution in [-0.2, 0) is 9.59 Å². The molecule has 0 spiro atoms. The third-order valence-electron chi connectivity index (χ3n) is 4.38. The number of ether oxygens (including phenoxy) is 1. The summed E-state index contributed by atoms with van der Waals surface area (Å²) in [6, 6.07) is 7.68. The first kappa shape index (κ1) is 17.3. The molecule has 1 aromatic rings. The van der Waals surface area contributed by atoms with Gasteiger partial charge in [-0.05, 0) is 32.3 Å². The van der Waals surface area contributed by atoms with E-state index < -0.39 is 0 Å². The van der Waals surface area contributed by atoms with E-state index in [1.165, 1.54) is 0 Å². The summed E-state index contributed by atoms with van der Waals surface area (Å²) in [6.45, 7) is 2.56. The summed E-state index contributed by atoms with van der Waals surface area (Å²) in [6.07, 6.45) is 3.11. The van der Waals surface area contributed by atoms with Gasteiger partial charge in [0, 0.05) is 31.5 Å². The zero-order chi connectivity index (χ0) is 16.8. The maximum absolute atomic E-state index is 12.3. The molecule has 126 valence electrons. The molecule has 0 saturated heterocycles. The topological polar surface area (TPSA) is 58.6 Å². The highest BCUT2D eigenvalue weighted by Crippen LogP contribution is 2.29. The SMILES string of the molecule is COc1ccccc1C(C)N(C)C(=O)CCCNC(=O)C1CC1. The number of para-hydroxylation sites is 1. The molecule has 1 atom stereocenters. The monoisotopic (exact) mass is 318 g/mol. The number of hydrogen-bond donors (Lipinski definition) is 1. The van der Waals surface area contributed by atoms with Gasteiger partial charge in [0.25, 0.3) is 0 Å². The summed E-state index contributed by atoms with van der Waals surface area (Å²) < 4.78 is 5.36. The Bertz CT molecular complexity index is 555. The van der Waals surface area contributed by atoms with Crippen molar-refractivity contribution in [1.29, 1.82) is 0 Å². The molecule has 2 amide bonds. The molecule has 0 heterocycles. The molecule has 1 fully saturated rings. The molecule has 1 aliphatic carbocycles. The Morgan fingerprint density at radius 3 is 2.70 bits per heavy atom. The van der Waals surface area contributed by atoms with E-state index >= 15 is 0 Å². The summed E-state index contributed by atoms with van der Waals surface area (Å²) in [4.78, 5) is 25.6. The van der Waals surface area contributed by atoms with Gasteiger partial charge in [0.05, 0.1) is 13.2 Å². The van der Waals surface area contributed by atoms with E-state index in [0.29, 0.717) is 19.4 Å². The maximum Gasteiger partial charge on any atom is 0.223 e. The predicted molar refractivity (Wildman–Crippen MR) is 89.1 cm³/mol. The molecule has 1 unspecified atom stereocenters. The van der Waals surface area contributed by atoms with Crippen LogP contribution in [0.25, 0.3) is 0 Å². The van der Waals surface area contributed by atoms with Gasteiger partial charge < -0.3 is 15.0 Å². The lowest BCUT2D eigenvalue weighted by atomic mass is 10.1. The molecule has 0 aliphatic heterocycles. The van der Waals surface area contributed by atoms with E-state index in [4.69, 9.17) is 4.74 Å². The minimum atomic E-state index is -0.0558. The fourth-order valence-electron chi connectivity index (χ4n) is 2.55. The lowest BCUT2D eigenvalue weighted by Crippen LogP contribution is -2.31. The third kappa shape index (κ3) is 4.71. The van der Waals surface area contributed by atoms with Crippen molar-refractivity contribution in [1.82, 2.24) is 10.2 Å². The summed E-state index contributed by atoms with van der Waals surface area (Å²) in [5, 5.41) is 2.89. The minimum absolute atomic E-state index is 0.0558. The second-order valence-electron chi connectivity index (χ2n) is 6.09. The van der Waals surface area contributed by atoms with E-state index in [1.807, 2.05) is 38.2 Å². The van der Waals surface area contributed by atoms with Gasteiger partial charge in [-0.1, -0.05) is 18.2 Å². The summed E-state index contributed by atoms with van der Waals surface area (Å²) in [5.41, 5.74) is 0.993. The largest absolute Gasteiger partial charge is 0.496 e. The van der Waals surface area contributed by atoms with Gasteiger partial charge in [-0.3, -0.25) is 9.59 Å². The normalized spacial score (nSPS) is 14.9.